The van der Waals surface area contributed by atoms with Gasteiger partial charge < -0.3 is 9.84 Å². The molecular formula is C18H20O3. The van der Waals surface area contributed by atoms with E-state index in [1.165, 1.54) is 12.5 Å². The molecule has 110 valence electrons. The van der Waals surface area contributed by atoms with Gasteiger partial charge in [-0.3, -0.25) is 0 Å². The second-order valence-corrected chi connectivity index (χ2v) is 5.61. The standard InChI is InChI=1S/C18H20O3/c1-13(17(19)20)21-16-11-9-15(10-12-16)18(2,3)14-7-5-4-6-8-14/h4-13H,1-3H3,(H,19,20). The van der Waals surface area contributed by atoms with Crippen LogP contribution in [0.4, 0.5) is 0 Å². The Morgan fingerprint density at radius 2 is 1.52 bits per heavy atom. The number of aliphatic carboxylic acids is 1. The van der Waals surface area contributed by atoms with E-state index in [-0.39, 0.29) is 5.41 Å². The molecule has 0 bridgehead atoms. The van der Waals surface area contributed by atoms with Crippen molar-refractivity contribution in [3.05, 3.63) is 65.7 Å². The molecular weight excluding hydrogens is 264 g/mol. The molecule has 2 rings (SSSR count). The fourth-order valence-corrected chi connectivity index (χ4v) is 2.23. The van der Waals surface area contributed by atoms with E-state index in [1.807, 2.05) is 42.5 Å². The van der Waals surface area contributed by atoms with Crippen LogP contribution in [-0.4, -0.2) is 17.2 Å². The van der Waals surface area contributed by atoms with Crippen LogP contribution in [0.1, 0.15) is 31.9 Å². The molecule has 3 heteroatoms. The van der Waals surface area contributed by atoms with Crippen LogP contribution in [0.3, 0.4) is 0 Å². The molecule has 2 aromatic carbocycles. The minimum absolute atomic E-state index is 0.113. The molecule has 0 aromatic heterocycles. The van der Waals surface area contributed by atoms with Crippen LogP contribution in [0.25, 0.3) is 0 Å². The Morgan fingerprint density at radius 1 is 1.00 bits per heavy atom. The van der Waals surface area contributed by atoms with Gasteiger partial charge >= 0.3 is 5.97 Å². The molecule has 0 aliphatic rings. The second-order valence-electron chi connectivity index (χ2n) is 5.61. The summed E-state index contributed by atoms with van der Waals surface area (Å²) in [4.78, 5) is 10.8. The molecule has 2 aromatic rings. The van der Waals surface area contributed by atoms with Crippen LogP contribution in [0.2, 0.25) is 0 Å². The van der Waals surface area contributed by atoms with Gasteiger partial charge in [0.2, 0.25) is 0 Å². The first-order chi connectivity index (χ1) is 9.91. The van der Waals surface area contributed by atoms with Crippen LogP contribution in [0.15, 0.2) is 54.6 Å². The SMILES string of the molecule is CC(Oc1ccc(C(C)(C)c2ccccc2)cc1)C(=O)O. The smallest absolute Gasteiger partial charge is 0.344 e. The molecule has 0 saturated carbocycles. The number of benzene rings is 2. The maximum Gasteiger partial charge on any atom is 0.344 e. The summed E-state index contributed by atoms with van der Waals surface area (Å²) >= 11 is 0. The highest BCUT2D eigenvalue weighted by Gasteiger charge is 2.22. The van der Waals surface area contributed by atoms with Gasteiger partial charge in [0.25, 0.3) is 0 Å². The molecule has 0 aliphatic heterocycles. The molecule has 21 heavy (non-hydrogen) atoms. The zero-order chi connectivity index (χ0) is 15.5. The average Bonchev–Trinajstić information content (AvgIpc) is 2.48. The van der Waals surface area contributed by atoms with Crippen molar-refractivity contribution in [3.63, 3.8) is 0 Å². The van der Waals surface area contributed by atoms with Gasteiger partial charge in [-0.25, -0.2) is 4.79 Å². The summed E-state index contributed by atoms with van der Waals surface area (Å²) in [6, 6.07) is 17.9. The Labute approximate surface area is 125 Å². The zero-order valence-corrected chi connectivity index (χ0v) is 12.5. The Morgan fingerprint density at radius 3 is 2.05 bits per heavy atom. The van der Waals surface area contributed by atoms with Crippen LogP contribution in [0, 0.1) is 0 Å². The predicted molar refractivity (Wildman–Crippen MR) is 82.7 cm³/mol. The van der Waals surface area contributed by atoms with E-state index in [1.54, 1.807) is 0 Å². The number of rotatable bonds is 5. The Bertz CT molecular complexity index is 600. The summed E-state index contributed by atoms with van der Waals surface area (Å²) in [7, 11) is 0. The monoisotopic (exact) mass is 284 g/mol. The average molecular weight is 284 g/mol. The third-order valence-corrected chi connectivity index (χ3v) is 3.73. The van der Waals surface area contributed by atoms with Crippen LogP contribution >= 0.6 is 0 Å². The number of carbonyl (C=O) groups is 1. The van der Waals surface area contributed by atoms with Gasteiger partial charge in [0, 0.05) is 5.41 Å². The first-order valence-electron chi connectivity index (χ1n) is 6.97. The van der Waals surface area contributed by atoms with Gasteiger partial charge in [-0.2, -0.15) is 0 Å². The molecule has 0 amide bonds. The lowest BCUT2D eigenvalue weighted by Gasteiger charge is -2.26. The first-order valence-corrected chi connectivity index (χ1v) is 6.97. The van der Waals surface area contributed by atoms with E-state index in [2.05, 4.69) is 26.0 Å². The van der Waals surface area contributed by atoms with Crippen LogP contribution in [0.5, 0.6) is 5.75 Å². The second kappa shape index (κ2) is 6.00. The van der Waals surface area contributed by atoms with Gasteiger partial charge in [-0.1, -0.05) is 56.3 Å². The maximum absolute atomic E-state index is 10.8. The van der Waals surface area contributed by atoms with Gasteiger partial charge in [0.15, 0.2) is 6.10 Å². The molecule has 0 fully saturated rings. The minimum atomic E-state index is -0.969. The fourth-order valence-electron chi connectivity index (χ4n) is 2.23. The lowest BCUT2D eigenvalue weighted by atomic mass is 9.78. The van der Waals surface area contributed by atoms with Gasteiger partial charge in [0.1, 0.15) is 5.75 Å². The highest BCUT2D eigenvalue weighted by atomic mass is 16.5. The van der Waals surface area contributed by atoms with Crippen molar-refractivity contribution < 1.29 is 14.6 Å². The lowest BCUT2D eigenvalue weighted by molar-refractivity contribution is -0.144. The largest absolute Gasteiger partial charge is 0.479 e. The molecule has 1 N–H and O–H groups in total. The van der Waals surface area contributed by atoms with E-state index in [9.17, 15) is 4.79 Å². The van der Waals surface area contributed by atoms with Crippen LogP contribution in [-0.2, 0) is 10.2 Å². The van der Waals surface area contributed by atoms with E-state index < -0.39 is 12.1 Å². The fraction of sp³-hybridized carbons (Fsp3) is 0.278. The third kappa shape index (κ3) is 3.43. The number of ether oxygens (including phenoxy) is 1. The Hall–Kier alpha value is -2.29. The minimum Gasteiger partial charge on any atom is -0.479 e. The highest BCUT2D eigenvalue weighted by Crippen LogP contribution is 2.32. The summed E-state index contributed by atoms with van der Waals surface area (Å²) in [6.45, 7) is 5.85. The topological polar surface area (TPSA) is 46.5 Å². The highest BCUT2D eigenvalue weighted by molar-refractivity contribution is 5.72. The number of hydrogen-bond donors (Lipinski definition) is 1. The summed E-state index contributed by atoms with van der Waals surface area (Å²) < 4.78 is 5.35. The molecule has 1 atom stereocenters. The summed E-state index contributed by atoms with van der Waals surface area (Å²) in [5.41, 5.74) is 2.28. The van der Waals surface area contributed by atoms with Gasteiger partial charge in [0.05, 0.1) is 0 Å². The van der Waals surface area contributed by atoms with E-state index in [4.69, 9.17) is 9.84 Å². The molecule has 3 nitrogen and oxygen atoms in total. The third-order valence-electron chi connectivity index (χ3n) is 3.73. The number of carboxylic acid groups (broad SMARTS) is 1. The van der Waals surface area contributed by atoms with E-state index in [0.717, 1.165) is 5.56 Å². The van der Waals surface area contributed by atoms with Crippen molar-refractivity contribution >= 4 is 5.97 Å². The van der Waals surface area contributed by atoms with Crippen molar-refractivity contribution in [3.8, 4) is 5.75 Å². The molecule has 1 unspecified atom stereocenters. The van der Waals surface area contributed by atoms with E-state index >= 15 is 0 Å². The van der Waals surface area contributed by atoms with Crippen molar-refractivity contribution in [2.24, 2.45) is 0 Å². The summed E-state index contributed by atoms with van der Waals surface area (Å²) in [5.74, 6) is -0.402. The first kappa shape index (κ1) is 15.1. The summed E-state index contributed by atoms with van der Waals surface area (Å²) in [6.07, 6.45) is -0.849. The molecule has 0 radical (unpaired) electrons. The number of carboxylic acids is 1. The normalized spacial score (nSPS) is 12.7. The van der Waals surface area contributed by atoms with Crippen molar-refractivity contribution in [2.75, 3.05) is 0 Å². The predicted octanol–water partition coefficient (Wildman–Crippen LogP) is 3.86. The van der Waals surface area contributed by atoms with Gasteiger partial charge in [-0.15, -0.1) is 0 Å². The quantitative estimate of drug-likeness (QED) is 0.906. The van der Waals surface area contributed by atoms with E-state index in [0.29, 0.717) is 5.75 Å². The molecule has 0 heterocycles. The van der Waals surface area contributed by atoms with Crippen molar-refractivity contribution in [1.82, 2.24) is 0 Å². The lowest BCUT2D eigenvalue weighted by Crippen LogP contribution is -2.23. The van der Waals surface area contributed by atoms with Crippen molar-refractivity contribution in [1.29, 1.82) is 0 Å². The maximum atomic E-state index is 10.8. The molecule has 0 saturated heterocycles. The van der Waals surface area contributed by atoms with Crippen molar-refractivity contribution in [2.45, 2.75) is 32.3 Å². The van der Waals surface area contributed by atoms with Gasteiger partial charge in [-0.05, 0) is 30.2 Å². The Kier molecular flexibility index (Phi) is 4.32. The number of hydrogen-bond acceptors (Lipinski definition) is 2. The molecule has 0 aliphatic carbocycles. The summed E-state index contributed by atoms with van der Waals surface area (Å²) in [5, 5.41) is 8.85. The zero-order valence-electron chi connectivity index (χ0n) is 12.5. The Balaban J connectivity index is 2.21. The van der Waals surface area contributed by atoms with Crippen LogP contribution < -0.4 is 4.74 Å². The molecule has 0 spiro atoms.